The lowest BCUT2D eigenvalue weighted by atomic mass is 10.2. The molecular formula is C25H23N3O6S2. The minimum atomic E-state index is -3.86. The average molecular weight is 526 g/mol. The number of rotatable bonds is 10. The van der Waals surface area contributed by atoms with Crippen LogP contribution in [-0.4, -0.2) is 22.7 Å². The van der Waals surface area contributed by atoms with Crippen LogP contribution in [0, 0.1) is 0 Å². The molecule has 4 rings (SSSR count). The van der Waals surface area contributed by atoms with Gasteiger partial charge in [0.05, 0.1) is 22.6 Å². The van der Waals surface area contributed by atoms with E-state index in [1.54, 1.807) is 24.3 Å². The minimum Gasteiger partial charge on any atom is -0.468 e. The Morgan fingerprint density at radius 2 is 1.36 bits per heavy atom. The van der Waals surface area contributed by atoms with Crippen LogP contribution >= 0.6 is 0 Å². The molecule has 0 unspecified atom stereocenters. The second kappa shape index (κ2) is 10.9. The summed E-state index contributed by atoms with van der Waals surface area (Å²) in [6.07, 6.45) is 1.44. The molecule has 3 N–H and O–H groups in total. The second-order valence-corrected chi connectivity index (χ2v) is 11.3. The predicted molar refractivity (Wildman–Crippen MR) is 134 cm³/mol. The number of amides is 1. The number of carbonyl (C=O) groups excluding carboxylic acids is 1. The Labute approximate surface area is 209 Å². The van der Waals surface area contributed by atoms with E-state index in [-0.39, 0.29) is 34.1 Å². The van der Waals surface area contributed by atoms with Gasteiger partial charge >= 0.3 is 0 Å². The number of sulfonamides is 2. The number of benzene rings is 3. The Hall–Kier alpha value is -3.77. The maximum absolute atomic E-state index is 12.8. The third-order valence-electron chi connectivity index (χ3n) is 5.13. The van der Waals surface area contributed by atoms with Crippen LogP contribution in [0.3, 0.4) is 0 Å². The van der Waals surface area contributed by atoms with Gasteiger partial charge in [-0.25, -0.2) is 26.3 Å². The molecule has 0 spiro atoms. The van der Waals surface area contributed by atoms with E-state index in [2.05, 4.69) is 14.8 Å². The predicted octanol–water partition coefficient (Wildman–Crippen LogP) is 3.49. The van der Waals surface area contributed by atoms with Crippen molar-refractivity contribution in [3.8, 4) is 0 Å². The third kappa shape index (κ3) is 6.46. The van der Waals surface area contributed by atoms with Crippen LogP contribution in [0.2, 0.25) is 0 Å². The highest BCUT2D eigenvalue weighted by Gasteiger charge is 2.18. The van der Waals surface area contributed by atoms with E-state index in [0.29, 0.717) is 5.76 Å². The zero-order valence-electron chi connectivity index (χ0n) is 18.9. The van der Waals surface area contributed by atoms with Gasteiger partial charge in [0, 0.05) is 17.8 Å². The molecule has 9 nitrogen and oxygen atoms in total. The minimum absolute atomic E-state index is 0.0223. The summed E-state index contributed by atoms with van der Waals surface area (Å²) in [4.78, 5) is 12.7. The smallest absolute Gasteiger partial charge is 0.255 e. The molecule has 0 atom stereocenters. The fourth-order valence-electron chi connectivity index (χ4n) is 3.27. The molecule has 1 heterocycles. The van der Waals surface area contributed by atoms with Crippen molar-refractivity contribution in [2.75, 3.05) is 5.32 Å². The molecule has 1 aromatic heterocycles. The van der Waals surface area contributed by atoms with E-state index >= 15 is 0 Å². The van der Waals surface area contributed by atoms with Crippen LogP contribution in [0.1, 0.15) is 21.7 Å². The molecule has 0 aliphatic carbocycles. The fourth-order valence-corrected chi connectivity index (χ4v) is 5.37. The van der Waals surface area contributed by atoms with Crippen molar-refractivity contribution in [2.24, 2.45) is 0 Å². The maximum atomic E-state index is 12.8. The number of furan rings is 1. The monoisotopic (exact) mass is 525 g/mol. The van der Waals surface area contributed by atoms with E-state index in [1.165, 1.54) is 54.8 Å². The number of anilines is 1. The van der Waals surface area contributed by atoms with Gasteiger partial charge in [-0.2, -0.15) is 0 Å². The highest BCUT2D eigenvalue weighted by atomic mass is 32.2. The molecular weight excluding hydrogens is 502 g/mol. The van der Waals surface area contributed by atoms with Gasteiger partial charge in [-0.15, -0.1) is 0 Å². The van der Waals surface area contributed by atoms with Gasteiger partial charge in [-0.3, -0.25) is 4.79 Å². The summed E-state index contributed by atoms with van der Waals surface area (Å²) in [5, 5.41) is 2.61. The highest BCUT2D eigenvalue weighted by molar-refractivity contribution is 7.89. The lowest BCUT2D eigenvalue weighted by molar-refractivity contribution is 0.102. The van der Waals surface area contributed by atoms with Crippen LogP contribution < -0.4 is 14.8 Å². The van der Waals surface area contributed by atoms with E-state index in [9.17, 15) is 21.6 Å². The fraction of sp³-hybridized carbons (Fsp3) is 0.0800. The van der Waals surface area contributed by atoms with Crippen molar-refractivity contribution >= 4 is 31.6 Å². The summed E-state index contributed by atoms with van der Waals surface area (Å²) in [5.41, 5.74) is 1.13. The van der Waals surface area contributed by atoms with Crippen LogP contribution in [0.25, 0.3) is 0 Å². The first-order valence-electron chi connectivity index (χ1n) is 10.8. The zero-order valence-corrected chi connectivity index (χ0v) is 20.6. The zero-order chi connectivity index (χ0) is 25.6. The Morgan fingerprint density at radius 3 is 2.06 bits per heavy atom. The maximum Gasteiger partial charge on any atom is 0.255 e. The van der Waals surface area contributed by atoms with E-state index < -0.39 is 26.0 Å². The largest absolute Gasteiger partial charge is 0.468 e. The van der Waals surface area contributed by atoms with Crippen LogP contribution in [0.15, 0.2) is 111 Å². The van der Waals surface area contributed by atoms with Crippen molar-refractivity contribution in [2.45, 2.75) is 22.9 Å². The van der Waals surface area contributed by atoms with Crippen molar-refractivity contribution in [3.63, 3.8) is 0 Å². The first-order chi connectivity index (χ1) is 17.2. The molecule has 0 saturated heterocycles. The molecule has 0 aliphatic rings. The molecule has 11 heteroatoms. The standard InChI is InChI=1S/C25H23N3O6S2/c29-25(20-9-4-12-23(15-20)35(30,31)26-17-19-7-2-1-3-8-19)28-21-10-5-13-24(16-21)36(32,33)27-18-22-11-6-14-34-22/h1-16,26-27H,17-18H2,(H,28,29). The molecule has 1 amide bonds. The summed E-state index contributed by atoms with van der Waals surface area (Å²) in [6.45, 7) is 0.0836. The lowest BCUT2D eigenvalue weighted by Gasteiger charge is -2.11. The third-order valence-corrected chi connectivity index (χ3v) is 7.93. The first kappa shape index (κ1) is 25.3. The highest BCUT2D eigenvalue weighted by Crippen LogP contribution is 2.18. The van der Waals surface area contributed by atoms with Gasteiger partial charge in [0.1, 0.15) is 5.76 Å². The summed E-state index contributed by atoms with van der Waals surface area (Å²) >= 11 is 0. The normalized spacial score (nSPS) is 11.8. The van der Waals surface area contributed by atoms with Crippen LogP contribution in [0.5, 0.6) is 0 Å². The topological polar surface area (TPSA) is 135 Å². The van der Waals surface area contributed by atoms with Crippen LogP contribution in [-0.2, 0) is 33.1 Å². The van der Waals surface area contributed by atoms with Crippen molar-refractivity contribution in [1.82, 2.24) is 9.44 Å². The molecule has 0 bridgehead atoms. The number of hydrogen-bond acceptors (Lipinski definition) is 6. The van der Waals surface area contributed by atoms with Gasteiger partial charge in [-0.05, 0) is 54.1 Å². The quantitative estimate of drug-likeness (QED) is 0.290. The summed E-state index contributed by atoms with van der Waals surface area (Å²) in [5.74, 6) is -0.135. The van der Waals surface area contributed by atoms with E-state index in [0.717, 1.165) is 5.56 Å². The molecule has 186 valence electrons. The number of hydrogen-bond donors (Lipinski definition) is 3. The molecule has 36 heavy (non-hydrogen) atoms. The molecule has 0 radical (unpaired) electrons. The Bertz CT molecular complexity index is 1550. The van der Waals surface area contributed by atoms with Gasteiger partial charge in [-0.1, -0.05) is 42.5 Å². The second-order valence-electron chi connectivity index (χ2n) is 7.72. The molecule has 4 aromatic rings. The van der Waals surface area contributed by atoms with E-state index in [1.807, 2.05) is 18.2 Å². The molecule has 0 saturated carbocycles. The lowest BCUT2D eigenvalue weighted by Crippen LogP contribution is -2.24. The van der Waals surface area contributed by atoms with Gasteiger partial charge < -0.3 is 9.73 Å². The number of nitrogens with one attached hydrogen (secondary N) is 3. The van der Waals surface area contributed by atoms with Crippen LogP contribution in [0.4, 0.5) is 5.69 Å². The Kier molecular flexibility index (Phi) is 7.65. The van der Waals surface area contributed by atoms with Crippen molar-refractivity contribution < 1.29 is 26.0 Å². The van der Waals surface area contributed by atoms with Gasteiger partial charge in [0.2, 0.25) is 20.0 Å². The van der Waals surface area contributed by atoms with Gasteiger partial charge in [0.15, 0.2) is 0 Å². The SMILES string of the molecule is O=C(Nc1cccc(S(=O)(=O)NCc2ccco2)c1)c1cccc(S(=O)(=O)NCc2ccccc2)c1. The van der Waals surface area contributed by atoms with Crippen molar-refractivity contribution in [3.05, 3.63) is 114 Å². The Balaban J connectivity index is 1.45. The first-order valence-corrected chi connectivity index (χ1v) is 13.8. The molecule has 0 aliphatic heterocycles. The van der Waals surface area contributed by atoms with E-state index in [4.69, 9.17) is 4.42 Å². The summed E-state index contributed by atoms with van der Waals surface area (Å²) in [7, 11) is -7.73. The average Bonchev–Trinajstić information content (AvgIpc) is 3.41. The summed E-state index contributed by atoms with van der Waals surface area (Å²) in [6, 6.07) is 23.7. The number of carbonyl (C=O) groups is 1. The Morgan fingerprint density at radius 1 is 0.694 bits per heavy atom. The summed E-state index contributed by atoms with van der Waals surface area (Å²) < 4.78 is 60.7. The van der Waals surface area contributed by atoms with Crippen molar-refractivity contribution in [1.29, 1.82) is 0 Å². The molecule has 0 fully saturated rings. The molecule has 3 aromatic carbocycles. The van der Waals surface area contributed by atoms with Gasteiger partial charge in [0.25, 0.3) is 5.91 Å².